The Labute approximate surface area is 88.4 Å². The van der Waals surface area contributed by atoms with Gasteiger partial charge in [-0.3, -0.25) is 4.90 Å². The van der Waals surface area contributed by atoms with Gasteiger partial charge in [0.25, 0.3) is 0 Å². The highest BCUT2D eigenvalue weighted by Gasteiger charge is 2.18. The van der Waals surface area contributed by atoms with Crippen LogP contribution in [0.25, 0.3) is 0 Å². The number of aryl methyl sites for hydroxylation is 1. The lowest BCUT2D eigenvalue weighted by atomic mass is 10.1. The van der Waals surface area contributed by atoms with Crippen LogP contribution in [-0.2, 0) is 6.54 Å². The van der Waals surface area contributed by atoms with E-state index in [2.05, 4.69) is 9.88 Å². The lowest BCUT2D eigenvalue weighted by molar-refractivity contribution is 0.0672. The number of nitrogens with zero attached hydrogens (tertiary/aromatic N) is 2. The predicted octanol–water partition coefficient (Wildman–Crippen LogP) is 1.41. The van der Waals surface area contributed by atoms with Crippen molar-refractivity contribution in [1.82, 2.24) is 9.88 Å². The van der Waals surface area contributed by atoms with Crippen molar-refractivity contribution in [1.29, 1.82) is 0 Å². The van der Waals surface area contributed by atoms with E-state index in [9.17, 15) is 5.11 Å². The van der Waals surface area contributed by atoms with E-state index in [0.717, 1.165) is 38.2 Å². The molecule has 2 heterocycles. The summed E-state index contributed by atoms with van der Waals surface area (Å²) in [5.74, 6) is 0. The van der Waals surface area contributed by atoms with Crippen LogP contribution in [0, 0.1) is 6.92 Å². The molecule has 3 nitrogen and oxygen atoms in total. The maximum absolute atomic E-state index is 9.52. The Kier molecular flexibility index (Phi) is 3.15. The van der Waals surface area contributed by atoms with Crippen LogP contribution in [-0.4, -0.2) is 34.2 Å². The SMILES string of the molecule is Cc1ncsc1CN1CCCC(O)C1. The smallest absolute Gasteiger partial charge is 0.0798 e. The van der Waals surface area contributed by atoms with Gasteiger partial charge in [-0.1, -0.05) is 0 Å². The fourth-order valence-electron chi connectivity index (χ4n) is 1.86. The molecule has 1 aromatic rings. The van der Waals surface area contributed by atoms with E-state index in [1.165, 1.54) is 4.88 Å². The van der Waals surface area contributed by atoms with E-state index in [1.807, 2.05) is 12.4 Å². The summed E-state index contributed by atoms with van der Waals surface area (Å²) < 4.78 is 0. The number of aromatic nitrogens is 1. The second-order valence-corrected chi connectivity index (χ2v) is 4.83. The zero-order valence-corrected chi connectivity index (χ0v) is 9.26. The molecule has 0 radical (unpaired) electrons. The summed E-state index contributed by atoms with van der Waals surface area (Å²) >= 11 is 1.71. The Morgan fingerprint density at radius 1 is 1.71 bits per heavy atom. The van der Waals surface area contributed by atoms with Crippen LogP contribution in [0.1, 0.15) is 23.4 Å². The van der Waals surface area contributed by atoms with Gasteiger partial charge in [-0.05, 0) is 26.3 Å². The van der Waals surface area contributed by atoms with E-state index in [1.54, 1.807) is 11.3 Å². The quantitative estimate of drug-likeness (QED) is 0.805. The van der Waals surface area contributed by atoms with Crippen LogP contribution in [0.3, 0.4) is 0 Å². The molecule has 1 atom stereocenters. The maximum Gasteiger partial charge on any atom is 0.0798 e. The fourth-order valence-corrected chi connectivity index (χ4v) is 2.67. The van der Waals surface area contributed by atoms with Crippen molar-refractivity contribution < 1.29 is 5.11 Å². The van der Waals surface area contributed by atoms with Gasteiger partial charge >= 0.3 is 0 Å². The lowest BCUT2D eigenvalue weighted by Gasteiger charge is -2.29. The first kappa shape index (κ1) is 10.1. The molecule has 0 aromatic carbocycles. The molecule has 78 valence electrons. The summed E-state index contributed by atoms with van der Waals surface area (Å²) in [6.07, 6.45) is 1.94. The molecule has 1 unspecified atom stereocenters. The van der Waals surface area contributed by atoms with Crippen molar-refractivity contribution in [3.05, 3.63) is 16.1 Å². The van der Waals surface area contributed by atoms with Gasteiger partial charge < -0.3 is 5.11 Å². The third-order valence-electron chi connectivity index (χ3n) is 2.69. The second kappa shape index (κ2) is 4.38. The largest absolute Gasteiger partial charge is 0.392 e. The molecule has 14 heavy (non-hydrogen) atoms. The summed E-state index contributed by atoms with van der Waals surface area (Å²) in [6.45, 7) is 4.92. The molecular formula is C10H16N2OS. The van der Waals surface area contributed by atoms with E-state index < -0.39 is 0 Å². The molecule has 0 saturated carbocycles. The van der Waals surface area contributed by atoms with Gasteiger partial charge in [0.1, 0.15) is 0 Å². The lowest BCUT2D eigenvalue weighted by Crippen LogP contribution is -2.37. The van der Waals surface area contributed by atoms with E-state index in [0.29, 0.717) is 0 Å². The van der Waals surface area contributed by atoms with Gasteiger partial charge in [-0.25, -0.2) is 4.98 Å². The molecular weight excluding hydrogens is 196 g/mol. The van der Waals surface area contributed by atoms with Gasteiger partial charge in [0.2, 0.25) is 0 Å². The molecule has 1 aromatic heterocycles. The van der Waals surface area contributed by atoms with Gasteiger partial charge in [-0.2, -0.15) is 0 Å². The first-order chi connectivity index (χ1) is 6.75. The highest BCUT2D eigenvalue weighted by molar-refractivity contribution is 7.09. The number of β-amino-alcohol motifs (C(OH)–C–C–N with tert-alkyl or cyclic N) is 1. The van der Waals surface area contributed by atoms with Gasteiger partial charge in [0.15, 0.2) is 0 Å². The average Bonchev–Trinajstić information content (AvgIpc) is 2.52. The zero-order chi connectivity index (χ0) is 9.97. The van der Waals surface area contributed by atoms with Crippen LogP contribution < -0.4 is 0 Å². The third-order valence-corrected chi connectivity index (χ3v) is 3.61. The van der Waals surface area contributed by atoms with Crippen LogP contribution >= 0.6 is 11.3 Å². The third kappa shape index (κ3) is 2.32. The Bertz CT molecular complexity index is 300. The Morgan fingerprint density at radius 2 is 2.57 bits per heavy atom. The number of likely N-dealkylation sites (tertiary alicyclic amines) is 1. The molecule has 1 N–H and O–H groups in total. The van der Waals surface area contributed by atoms with Crippen molar-refractivity contribution in [3.8, 4) is 0 Å². The minimum atomic E-state index is -0.128. The van der Waals surface area contributed by atoms with Crippen molar-refractivity contribution in [2.24, 2.45) is 0 Å². The van der Waals surface area contributed by atoms with E-state index in [4.69, 9.17) is 0 Å². The van der Waals surface area contributed by atoms with Gasteiger partial charge in [0.05, 0.1) is 17.3 Å². The first-order valence-electron chi connectivity index (χ1n) is 5.05. The topological polar surface area (TPSA) is 36.4 Å². The first-order valence-corrected chi connectivity index (χ1v) is 5.93. The normalized spacial score (nSPS) is 24.0. The molecule has 1 aliphatic heterocycles. The second-order valence-electron chi connectivity index (χ2n) is 3.89. The zero-order valence-electron chi connectivity index (χ0n) is 8.44. The molecule has 1 fully saturated rings. The van der Waals surface area contributed by atoms with Gasteiger partial charge in [0, 0.05) is 18.0 Å². The Balaban J connectivity index is 1.94. The number of piperidine rings is 1. The number of thiazole rings is 1. The molecule has 0 bridgehead atoms. The molecule has 1 saturated heterocycles. The minimum absolute atomic E-state index is 0.128. The molecule has 0 spiro atoms. The number of rotatable bonds is 2. The van der Waals surface area contributed by atoms with Crippen LogP contribution in [0.4, 0.5) is 0 Å². The number of aliphatic hydroxyl groups is 1. The minimum Gasteiger partial charge on any atom is -0.392 e. The van der Waals surface area contributed by atoms with Crippen LogP contribution in [0.2, 0.25) is 0 Å². The van der Waals surface area contributed by atoms with Crippen molar-refractivity contribution in [2.45, 2.75) is 32.4 Å². The van der Waals surface area contributed by atoms with Crippen LogP contribution in [0.15, 0.2) is 5.51 Å². The van der Waals surface area contributed by atoms with Crippen molar-refractivity contribution in [2.75, 3.05) is 13.1 Å². The summed E-state index contributed by atoms with van der Waals surface area (Å²) in [4.78, 5) is 7.88. The molecule has 0 amide bonds. The summed E-state index contributed by atoms with van der Waals surface area (Å²) in [7, 11) is 0. The maximum atomic E-state index is 9.52. The van der Waals surface area contributed by atoms with E-state index in [-0.39, 0.29) is 6.10 Å². The number of hydrogen-bond donors (Lipinski definition) is 1. The summed E-state index contributed by atoms with van der Waals surface area (Å²) in [6, 6.07) is 0. The standard InChI is InChI=1S/C10H16N2OS/c1-8-10(14-7-11-8)6-12-4-2-3-9(13)5-12/h7,9,13H,2-6H2,1H3. The van der Waals surface area contributed by atoms with Crippen molar-refractivity contribution in [3.63, 3.8) is 0 Å². The number of hydrogen-bond acceptors (Lipinski definition) is 4. The molecule has 0 aliphatic carbocycles. The molecule has 2 rings (SSSR count). The summed E-state index contributed by atoms with van der Waals surface area (Å²) in [5.41, 5.74) is 3.03. The van der Waals surface area contributed by atoms with Gasteiger partial charge in [-0.15, -0.1) is 11.3 Å². The molecule has 1 aliphatic rings. The highest BCUT2D eigenvalue weighted by atomic mass is 32.1. The highest BCUT2D eigenvalue weighted by Crippen LogP contribution is 2.18. The molecule has 4 heteroatoms. The Morgan fingerprint density at radius 3 is 3.21 bits per heavy atom. The van der Waals surface area contributed by atoms with E-state index >= 15 is 0 Å². The monoisotopic (exact) mass is 212 g/mol. The fraction of sp³-hybridized carbons (Fsp3) is 0.700. The van der Waals surface area contributed by atoms with Crippen LogP contribution in [0.5, 0.6) is 0 Å². The summed E-state index contributed by atoms with van der Waals surface area (Å²) in [5, 5.41) is 9.52. The number of aliphatic hydroxyl groups excluding tert-OH is 1. The average molecular weight is 212 g/mol. The van der Waals surface area contributed by atoms with Crippen molar-refractivity contribution >= 4 is 11.3 Å². The Hall–Kier alpha value is -0.450. The predicted molar refractivity (Wildman–Crippen MR) is 57.4 cm³/mol.